The molecule has 1 fully saturated rings. The lowest BCUT2D eigenvalue weighted by Crippen LogP contribution is -2.42. The number of H-pyrrole nitrogens is 1. The zero-order valence-electron chi connectivity index (χ0n) is 22.6. The number of allylic oxidation sites excluding steroid dienone is 2. The molecule has 0 spiro atoms. The summed E-state index contributed by atoms with van der Waals surface area (Å²) in [6.45, 7) is 4.38. The van der Waals surface area contributed by atoms with Gasteiger partial charge in [0.15, 0.2) is 9.84 Å². The van der Waals surface area contributed by atoms with Gasteiger partial charge in [0.1, 0.15) is 5.69 Å². The van der Waals surface area contributed by atoms with Crippen LogP contribution in [-0.2, 0) is 14.6 Å². The number of imidazole rings is 1. The number of fused-ring (bicyclic) bond motifs is 1. The molecule has 5 rings (SSSR count). The SMILES string of the molecule is COC1=CC=CC(C)(Nc2c(C(N)=O)cnc3c(C)cc(S(=O)(=O)C4CCN(C(=O)c5cnc[nH]5)CC4)cc23)C1. The van der Waals surface area contributed by atoms with Crippen molar-refractivity contribution in [3.8, 4) is 0 Å². The Balaban J connectivity index is 1.49. The van der Waals surface area contributed by atoms with Crippen molar-refractivity contribution in [1.82, 2.24) is 19.9 Å². The highest BCUT2D eigenvalue weighted by Crippen LogP contribution is 2.36. The third kappa shape index (κ3) is 5.06. The summed E-state index contributed by atoms with van der Waals surface area (Å²) in [5, 5.41) is 3.27. The number of nitrogens with two attached hydrogens (primary N) is 1. The van der Waals surface area contributed by atoms with Crippen LogP contribution in [0, 0.1) is 6.92 Å². The van der Waals surface area contributed by atoms with E-state index in [1.807, 2.05) is 25.2 Å². The quantitative estimate of drug-likeness (QED) is 0.395. The number of anilines is 1. The van der Waals surface area contributed by atoms with E-state index in [0.29, 0.717) is 60.2 Å². The van der Waals surface area contributed by atoms with Crippen LogP contribution in [0.2, 0.25) is 0 Å². The highest BCUT2D eigenvalue weighted by atomic mass is 32.2. The number of aryl methyl sites for hydroxylation is 1. The molecule has 12 heteroatoms. The summed E-state index contributed by atoms with van der Waals surface area (Å²) < 4.78 is 33.2. The van der Waals surface area contributed by atoms with E-state index in [0.717, 1.165) is 5.76 Å². The zero-order valence-corrected chi connectivity index (χ0v) is 23.4. The molecule has 40 heavy (non-hydrogen) atoms. The fraction of sp³-hybridized carbons (Fsp3) is 0.357. The summed E-state index contributed by atoms with van der Waals surface area (Å²) in [5.41, 5.74) is 7.28. The van der Waals surface area contributed by atoms with Gasteiger partial charge >= 0.3 is 0 Å². The highest BCUT2D eigenvalue weighted by Gasteiger charge is 2.34. The molecule has 0 bridgehead atoms. The Morgan fingerprint density at radius 3 is 2.62 bits per heavy atom. The van der Waals surface area contributed by atoms with Gasteiger partial charge in [0.2, 0.25) is 0 Å². The van der Waals surface area contributed by atoms with Gasteiger partial charge in [-0.25, -0.2) is 13.4 Å². The van der Waals surface area contributed by atoms with Gasteiger partial charge < -0.3 is 25.7 Å². The number of aromatic nitrogens is 3. The van der Waals surface area contributed by atoms with E-state index in [2.05, 4.69) is 20.3 Å². The van der Waals surface area contributed by atoms with Crippen LogP contribution >= 0.6 is 0 Å². The van der Waals surface area contributed by atoms with Gasteiger partial charge in [0, 0.05) is 31.1 Å². The normalized spacial score (nSPS) is 19.9. The van der Waals surface area contributed by atoms with Gasteiger partial charge in [-0.1, -0.05) is 12.2 Å². The second-order valence-electron chi connectivity index (χ2n) is 10.5. The second-order valence-corrected chi connectivity index (χ2v) is 12.7. The smallest absolute Gasteiger partial charge is 0.271 e. The van der Waals surface area contributed by atoms with Crippen LogP contribution in [-0.4, -0.2) is 71.1 Å². The van der Waals surface area contributed by atoms with E-state index >= 15 is 0 Å². The number of piperidine rings is 1. The number of likely N-dealkylation sites (tertiary alicyclic amines) is 1. The number of carbonyl (C=O) groups excluding carboxylic acids is 2. The lowest BCUT2D eigenvalue weighted by Gasteiger charge is -2.33. The number of amides is 2. The number of carbonyl (C=O) groups is 2. The predicted octanol–water partition coefficient (Wildman–Crippen LogP) is 3.10. The molecule has 1 aliphatic heterocycles. The van der Waals surface area contributed by atoms with E-state index in [-0.39, 0.29) is 16.4 Å². The molecule has 4 N–H and O–H groups in total. The lowest BCUT2D eigenvalue weighted by molar-refractivity contribution is 0.0720. The number of nitrogens with zero attached hydrogens (tertiary/aromatic N) is 3. The molecule has 3 aromatic rings. The molecule has 1 aromatic carbocycles. The largest absolute Gasteiger partial charge is 0.501 e. The van der Waals surface area contributed by atoms with Crippen LogP contribution in [0.5, 0.6) is 0 Å². The first-order valence-corrected chi connectivity index (χ1v) is 14.5. The summed E-state index contributed by atoms with van der Waals surface area (Å²) in [5.74, 6) is -0.122. The number of hydrogen-bond donors (Lipinski definition) is 3. The number of ether oxygens (including phenoxy) is 1. The maximum atomic E-state index is 13.9. The average Bonchev–Trinajstić information content (AvgIpc) is 3.48. The number of sulfone groups is 1. The molecule has 1 atom stereocenters. The maximum Gasteiger partial charge on any atom is 0.271 e. The van der Waals surface area contributed by atoms with Crippen LogP contribution in [0.15, 0.2) is 59.7 Å². The Morgan fingerprint density at radius 2 is 1.98 bits per heavy atom. The van der Waals surface area contributed by atoms with Crippen LogP contribution in [0.3, 0.4) is 0 Å². The molecule has 1 saturated heterocycles. The molecule has 1 aliphatic carbocycles. The first kappa shape index (κ1) is 27.4. The minimum absolute atomic E-state index is 0.143. The van der Waals surface area contributed by atoms with Gasteiger partial charge in [-0.2, -0.15) is 0 Å². The summed E-state index contributed by atoms with van der Waals surface area (Å²) in [6, 6.07) is 3.19. The standard InChI is InChI=1S/C28H32N6O5S/c1-17-11-20(40(37,38)19-6-9-34(10-7-19)27(36)23-15-30-16-32-23)12-21-24(17)31-14-22(26(29)35)25(21)33-28(2)8-4-5-18(13-28)39-3/h4-5,8,11-12,14-16,19H,6-7,9-10,13H2,1-3H3,(H2,29,35)(H,30,32)(H,31,33). The maximum absolute atomic E-state index is 13.9. The van der Waals surface area contributed by atoms with Crippen molar-refractivity contribution in [2.45, 2.75) is 48.8 Å². The second kappa shape index (κ2) is 10.4. The Kier molecular flexibility index (Phi) is 7.13. The molecule has 11 nitrogen and oxygen atoms in total. The Hall–Kier alpha value is -4.19. The number of primary amides is 1. The van der Waals surface area contributed by atoms with Gasteiger partial charge in [-0.15, -0.1) is 0 Å². The van der Waals surface area contributed by atoms with Crippen LogP contribution in [0.1, 0.15) is 52.6 Å². The van der Waals surface area contributed by atoms with E-state index in [1.165, 1.54) is 18.7 Å². The number of hydrogen-bond acceptors (Lipinski definition) is 8. The van der Waals surface area contributed by atoms with E-state index < -0.39 is 26.5 Å². The van der Waals surface area contributed by atoms with Crippen molar-refractivity contribution in [3.63, 3.8) is 0 Å². The first-order chi connectivity index (χ1) is 19.0. The Labute approximate surface area is 232 Å². The molecular formula is C28H32N6O5S. The molecule has 3 heterocycles. The highest BCUT2D eigenvalue weighted by molar-refractivity contribution is 7.92. The van der Waals surface area contributed by atoms with Gasteiger partial charge in [-0.05, 0) is 50.5 Å². The van der Waals surface area contributed by atoms with Crippen molar-refractivity contribution in [2.24, 2.45) is 5.73 Å². The minimum Gasteiger partial charge on any atom is -0.501 e. The van der Waals surface area contributed by atoms with Crippen LogP contribution in [0.4, 0.5) is 5.69 Å². The van der Waals surface area contributed by atoms with Crippen molar-refractivity contribution in [3.05, 3.63) is 71.7 Å². The van der Waals surface area contributed by atoms with E-state index in [1.54, 1.807) is 31.1 Å². The number of nitrogens with one attached hydrogen (secondary N) is 2. The third-order valence-corrected chi connectivity index (χ3v) is 9.83. The predicted molar refractivity (Wildman–Crippen MR) is 151 cm³/mol. The minimum atomic E-state index is -3.76. The topological polar surface area (TPSA) is 160 Å². The van der Waals surface area contributed by atoms with Crippen molar-refractivity contribution in [2.75, 3.05) is 25.5 Å². The van der Waals surface area contributed by atoms with Crippen molar-refractivity contribution in [1.29, 1.82) is 0 Å². The number of methoxy groups -OCH3 is 1. The van der Waals surface area contributed by atoms with Crippen LogP contribution in [0.25, 0.3) is 10.9 Å². The molecule has 0 radical (unpaired) electrons. The van der Waals surface area contributed by atoms with Gasteiger partial charge in [0.05, 0.1) is 57.8 Å². The first-order valence-electron chi connectivity index (χ1n) is 13.0. The van der Waals surface area contributed by atoms with Gasteiger partial charge in [0.25, 0.3) is 11.8 Å². The molecule has 210 valence electrons. The summed E-state index contributed by atoms with van der Waals surface area (Å²) in [4.78, 5) is 38.0. The molecule has 2 aromatic heterocycles. The molecular weight excluding hydrogens is 532 g/mol. The number of benzene rings is 1. The van der Waals surface area contributed by atoms with Crippen molar-refractivity contribution < 1.29 is 22.7 Å². The molecule has 2 amide bonds. The van der Waals surface area contributed by atoms with Crippen molar-refractivity contribution >= 4 is 38.2 Å². The third-order valence-electron chi connectivity index (χ3n) is 7.59. The fourth-order valence-electron chi connectivity index (χ4n) is 5.40. The number of pyridine rings is 1. The number of aromatic amines is 1. The lowest BCUT2D eigenvalue weighted by atomic mass is 9.91. The summed E-state index contributed by atoms with van der Waals surface area (Å²) in [6.07, 6.45) is 11.1. The monoisotopic (exact) mass is 564 g/mol. The Bertz CT molecular complexity index is 1640. The average molecular weight is 565 g/mol. The zero-order chi connectivity index (χ0) is 28.7. The summed E-state index contributed by atoms with van der Waals surface area (Å²) in [7, 11) is -2.17. The van der Waals surface area contributed by atoms with Crippen LogP contribution < -0.4 is 11.1 Å². The molecule has 0 saturated carbocycles. The van der Waals surface area contributed by atoms with Gasteiger partial charge in [-0.3, -0.25) is 14.6 Å². The molecule has 1 unspecified atom stereocenters. The van der Waals surface area contributed by atoms with E-state index in [9.17, 15) is 18.0 Å². The Morgan fingerprint density at radius 1 is 1.23 bits per heavy atom. The van der Waals surface area contributed by atoms with E-state index in [4.69, 9.17) is 10.5 Å². The molecule has 2 aliphatic rings. The number of rotatable bonds is 7. The fourth-order valence-corrected chi connectivity index (χ4v) is 7.24. The summed E-state index contributed by atoms with van der Waals surface area (Å²) >= 11 is 0.